The van der Waals surface area contributed by atoms with Crippen molar-refractivity contribution in [3.05, 3.63) is 35.4 Å². The van der Waals surface area contributed by atoms with Crippen LogP contribution in [-0.2, 0) is 6.42 Å². The normalized spacial score (nSPS) is 12.7. The van der Waals surface area contributed by atoms with Crippen molar-refractivity contribution in [1.82, 2.24) is 0 Å². The largest absolute Gasteiger partial charge is 0.393 e. The minimum atomic E-state index is -0.167. The van der Waals surface area contributed by atoms with Crippen molar-refractivity contribution in [1.29, 1.82) is 0 Å². The fraction of sp³-hybridized carbons (Fsp3) is 0.600. The molecule has 0 aromatic heterocycles. The Kier molecular flexibility index (Phi) is 6.17. The number of benzene rings is 1. The van der Waals surface area contributed by atoms with Gasteiger partial charge in [-0.15, -0.1) is 0 Å². The molecule has 0 spiro atoms. The van der Waals surface area contributed by atoms with Gasteiger partial charge in [-0.3, -0.25) is 0 Å². The summed E-state index contributed by atoms with van der Waals surface area (Å²) in [6, 6.07) is 8.45. The van der Waals surface area contributed by atoms with Gasteiger partial charge in [0.2, 0.25) is 0 Å². The molecular formula is C15H24O. The summed E-state index contributed by atoms with van der Waals surface area (Å²) in [5.41, 5.74) is 2.52. The van der Waals surface area contributed by atoms with E-state index in [1.807, 2.05) is 0 Å². The Morgan fingerprint density at radius 2 is 1.75 bits per heavy atom. The second-order valence-corrected chi connectivity index (χ2v) is 4.69. The monoisotopic (exact) mass is 220 g/mol. The quantitative estimate of drug-likeness (QED) is 0.692. The average molecular weight is 220 g/mol. The number of aliphatic hydroxyl groups excluding tert-OH is 1. The van der Waals surface area contributed by atoms with Gasteiger partial charge in [-0.05, 0) is 25.3 Å². The molecule has 0 aliphatic rings. The Morgan fingerprint density at radius 1 is 1.06 bits per heavy atom. The number of hydrogen-bond acceptors (Lipinski definition) is 1. The number of aryl methyl sites for hydroxylation is 1. The van der Waals surface area contributed by atoms with E-state index in [1.165, 1.54) is 30.4 Å². The second-order valence-electron chi connectivity index (χ2n) is 4.69. The van der Waals surface area contributed by atoms with Crippen LogP contribution in [0.2, 0.25) is 0 Å². The van der Waals surface area contributed by atoms with E-state index in [9.17, 15) is 5.11 Å². The van der Waals surface area contributed by atoms with Gasteiger partial charge in [0, 0.05) is 0 Å². The van der Waals surface area contributed by atoms with Crippen LogP contribution in [0.15, 0.2) is 24.3 Å². The molecule has 1 unspecified atom stereocenters. The van der Waals surface area contributed by atoms with Crippen LogP contribution in [-0.4, -0.2) is 11.2 Å². The first-order chi connectivity index (χ1) is 7.72. The van der Waals surface area contributed by atoms with Gasteiger partial charge < -0.3 is 5.11 Å². The van der Waals surface area contributed by atoms with Crippen LogP contribution in [0.25, 0.3) is 0 Å². The lowest BCUT2D eigenvalue weighted by Gasteiger charge is -2.10. The van der Waals surface area contributed by atoms with Gasteiger partial charge in [0.05, 0.1) is 6.10 Å². The van der Waals surface area contributed by atoms with Gasteiger partial charge in [-0.25, -0.2) is 0 Å². The van der Waals surface area contributed by atoms with Crippen molar-refractivity contribution < 1.29 is 5.11 Å². The number of hydrogen-bond donors (Lipinski definition) is 1. The van der Waals surface area contributed by atoms with E-state index in [0.29, 0.717) is 0 Å². The number of rotatable bonds is 7. The highest BCUT2D eigenvalue weighted by molar-refractivity contribution is 5.21. The molecule has 0 saturated carbocycles. The highest BCUT2D eigenvalue weighted by Gasteiger charge is 2.04. The Balaban J connectivity index is 2.23. The van der Waals surface area contributed by atoms with Crippen LogP contribution in [0, 0.1) is 6.92 Å². The van der Waals surface area contributed by atoms with Crippen LogP contribution < -0.4 is 0 Å². The molecule has 16 heavy (non-hydrogen) atoms. The van der Waals surface area contributed by atoms with Crippen molar-refractivity contribution in [3.63, 3.8) is 0 Å². The molecule has 1 nitrogen and oxygen atoms in total. The summed E-state index contributed by atoms with van der Waals surface area (Å²) in [5.74, 6) is 0. The molecule has 0 aliphatic carbocycles. The lowest BCUT2D eigenvalue weighted by atomic mass is 10.0. The number of unbranched alkanes of at least 4 members (excludes halogenated alkanes) is 3. The van der Waals surface area contributed by atoms with Crippen LogP contribution >= 0.6 is 0 Å². The van der Waals surface area contributed by atoms with E-state index in [0.717, 1.165) is 19.3 Å². The standard InChI is InChI=1S/C15H24O/c1-3-4-5-6-7-15(16)12-14-10-8-13(2)9-11-14/h8-11,15-16H,3-7,12H2,1-2H3. The lowest BCUT2D eigenvalue weighted by molar-refractivity contribution is 0.161. The number of aliphatic hydroxyl groups is 1. The second kappa shape index (κ2) is 7.45. The van der Waals surface area contributed by atoms with Crippen LogP contribution in [0.5, 0.6) is 0 Å². The molecule has 90 valence electrons. The summed E-state index contributed by atoms with van der Waals surface area (Å²) >= 11 is 0. The average Bonchev–Trinajstić information content (AvgIpc) is 2.28. The highest BCUT2D eigenvalue weighted by atomic mass is 16.3. The summed E-state index contributed by atoms with van der Waals surface area (Å²) in [5, 5.41) is 9.87. The fourth-order valence-electron chi connectivity index (χ4n) is 1.91. The SMILES string of the molecule is CCCCCCC(O)Cc1ccc(C)cc1. The molecule has 0 fully saturated rings. The van der Waals surface area contributed by atoms with Crippen LogP contribution in [0.4, 0.5) is 0 Å². The third kappa shape index (κ3) is 5.32. The van der Waals surface area contributed by atoms with E-state index in [1.54, 1.807) is 0 Å². The maximum absolute atomic E-state index is 9.87. The molecule has 0 heterocycles. The van der Waals surface area contributed by atoms with Crippen molar-refractivity contribution >= 4 is 0 Å². The van der Waals surface area contributed by atoms with E-state index in [-0.39, 0.29) is 6.10 Å². The van der Waals surface area contributed by atoms with E-state index in [4.69, 9.17) is 0 Å². The van der Waals surface area contributed by atoms with Crippen molar-refractivity contribution in [2.45, 2.75) is 58.5 Å². The summed E-state index contributed by atoms with van der Waals surface area (Å²) in [6.07, 6.45) is 6.52. The van der Waals surface area contributed by atoms with Gasteiger partial charge in [-0.1, -0.05) is 62.4 Å². The zero-order chi connectivity index (χ0) is 11.8. The molecule has 0 saturated heterocycles. The van der Waals surface area contributed by atoms with Crippen molar-refractivity contribution in [2.75, 3.05) is 0 Å². The Morgan fingerprint density at radius 3 is 2.38 bits per heavy atom. The molecule has 1 N–H and O–H groups in total. The van der Waals surface area contributed by atoms with Gasteiger partial charge >= 0.3 is 0 Å². The van der Waals surface area contributed by atoms with Gasteiger partial charge in [-0.2, -0.15) is 0 Å². The van der Waals surface area contributed by atoms with Gasteiger partial charge in [0.1, 0.15) is 0 Å². The zero-order valence-electron chi connectivity index (χ0n) is 10.6. The van der Waals surface area contributed by atoms with Crippen molar-refractivity contribution in [3.8, 4) is 0 Å². The summed E-state index contributed by atoms with van der Waals surface area (Å²) in [4.78, 5) is 0. The molecule has 0 radical (unpaired) electrons. The topological polar surface area (TPSA) is 20.2 Å². The fourth-order valence-corrected chi connectivity index (χ4v) is 1.91. The Bertz CT molecular complexity index is 276. The molecule has 1 aromatic rings. The van der Waals surface area contributed by atoms with Crippen LogP contribution in [0.3, 0.4) is 0 Å². The van der Waals surface area contributed by atoms with E-state index in [2.05, 4.69) is 38.1 Å². The highest BCUT2D eigenvalue weighted by Crippen LogP contribution is 2.11. The summed E-state index contributed by atoms with van der Waals surface area (Å²) in [7, 11) is 0. The zero-order valence-corrected chi connectivity index (χ0v) is 10.6. The Hall–Kier alpha value is -0.820. The first kappa shape index (κ1) is 13.2. The van der Waals surface area contributed by atoms with Crippen molar-refractivity contribution in [2.24, 2.45) is 0 Å². The van der Waals surface area contributed by atoms with Gasteiger partial charge in [0.15, 0.2) is 0 Å². The summed E-state index contributed by atoms with van der Waals surface area (Å²) in [6.45, 7) is 4.30. The molecule has 1 rings (SSSR count). The maximum atomic E-state index is 9.87. The van der Waals surface area contributed by atoms with E-state index >= 15 is 0 Å². The lowest BCUT2D eigenvalue weighted by Crippen LogP contribution is -2.10. The first-order valence-electron chi connectivity index (χ1n) is 6.46. The van der Waals surface area contributed by atoms with Crippen LogP contribution in [0.1, 0.15) is 50.2 Å². The third-order valence-electron chi connectivity index (χ3n) is 2.98. The molecule has 1 heteroatoms. The van der Waals surface area contributed by atoms with Gasteiger partial charge in [0.25, 0.3) is 0 Å². The molecule has 0 amide bonds. The minimum absolute atomic E-state index is 0.167. The molecule has 0 aliphatic heterocycles. The predicted molar refractivity (Wildman–Crippen MR) is 69.6 cm³/mol. The first-order valence-corrected chi connectivity index (χ1v) is 6.46. The smallest absolute Gasteiger partial charge is 0.0580 e. The predicted octanol–water partition coefficient (Wildman–Crippen LogP) is 3.87. The molecule has 0 bridgehead atoms. The molecular weight excluding hydrogens is 196 g/mol. The minimum Gasteiger partial charge on any atom is -0.393 e. The molecule has 1 atom stereocenters. The van der Waals surface area contributed by atoms with E-state index < -0.39 is 0 Å². The maximum Gasteiger partial charge on any atom is 0.0580 e. The third-order valence-corrected chi connectivity index (χ3v) is 2.98. The molecule has 1 aromatic carbocycles. The Labute approximate surface area is 99.5 Å². The summed E-state index contributed by atoms with van der Waals surface area (Å²) < 4.78 is 0.